The second-order valence-electron chi connectivity index (χ2n) is 6.47. The normalized spacial score (nSPS) is 16.7. The van der Waals surface area contributed by atoms with E-state index in [4.69, 9.17) is 10.5 Å². The molecule has 3 heterocycles. The maximum Gasteiger partial charge on any atom is 0.272 e. The first-order valence-corrected chi connectivity index (χ1v) is 8.89. The average Bonchev–Trinajstić information content (AvgIpc) is 3.28. The second kappa shape index (κ2) is 7.61. The molecule has 1 fully saturated rings. The van der Waals surface area contributed by atoms with Gasteiger partial charge in [-0.05, 0) is 30.3 Å². The molecule has 0 bridgehead atoms. The van der Waals surface area contributed by atoms with Crippen LogP contribution in [-0.2, 0) is 4.74 Å². The van der Waals surface area contributed by atoms with Gasteiger partial charge in [0.2, 0.25) is 5.91 Å². The lowest BCUT2D eigenvalue weighted by Crippen LogP contribution is -2.42. The van der Waals surface area contributed by atoms with Crippen molar-refractivity contribution in [3.8, 4) is 11.3 Å². The molecule has 8 nitrogen and oxygen atoms in total. The monoisotopic (exact) mass is 377 g/mol. The summed E-state index contributed by atoms with van der Waals surface area (Å²) in [5.41, 5.74) is 8.47. The summed E-state index contributed by atoms with van der Waals surface area (Å²) in [6.45, 7) is 1.33. The molecule has 1 aliphatic rings. The first-order valence-electron chi connectivity index (χ1n) is 8.89. The zero-order valence-electron chi connectivity index (χ0n) is 15.0. The minimum absolute atomic E-state index is 0.115. The Morgan fingerprint density at radius 2 is 2.04 bits per heavy atom. The molecule has 2 aromatic heterocycles. The van der Waals surface area contributed by atoms with Gasteiger partial charge in [-0.15, -0.1) is 0 Å². The van der Waals surface area contributed by atoms with Crippen molar-refractivity contribution in [2.24, 2.45) is 5.73 Å². The fourth-order valence-corrected chi connectivity index (χ4v) is 3.18. The third kappa shape index (κ3) is 3.63. The van der Waals surface area contributed by atoms with Crippen molar-refractivity contribution in [1.29, 1.82) is 0 Å². The number of ether oxygens (including phenoxy) is 1. The Morgan fingerprint density at radius 1 is 1.18 bits per heavy atom. The molecule has 1 unspecified atom stereocenters. The largest absolute Gasteiger partial charge is 0.368 e. The zero-order chi connectivity index (χ0) is 19.5. The lowest BCUT2D eigenvalue weighted by molar-refractivity contribution is -0.0248. The van der Waals surface area contributed by atoms with Gasteiger partial charge in [0.05, 0.1) is 24.5 Å². The van der Waals surface area contributed by atoms with Crippen LogP contribution in [0, 0.1) is 0 Å². The number of H-pyrrole nitrogens is 1. The van der Waals surface area contributed by atoms with Crippen LogP contribution in [-0.4, -0.2) is 51.6 Å². The van der Waals surface area contributed by atoms with Crippen molar-refractivity contribution in [2.45, 2.75) is 6.10 Å². The standard InChI is InChI=1S/C20H19N5O3/c21-19(26)14-4-1-3-13(11-14)15-5-2-6-16(23-15)18-12-25(9-10-28-18)20(27)17-7-8-22-24-17/h1-8,11,18H,9-10,12H2,(H2,21,26)(H,22,24). The summed E-state index contributed by atoms with van der Waals surface area (Å²) < 4.78 is 5.86. The van der Waals surface area contributed by atoms with Crippen LogP contribution in [0.15, 0.2) is 54.7 Å². The van der Waals surface area contributed by atoms with Gasteiger partial charge < -0.3 is 15.4 Å². The third-order valence-electron chi connectivity index (χ3n) is 4.63. The SMILES string of the molecule is NC(=O)c1cccc(-c2cccc(C3CN(C(=O)c4ccn[nH]4)CCO3)n2)c1. The van der Waals surface area contributed by atoms with Gasteiger partial charge in [-0.1, -0.05) is 18.2 Å². The van der Waals surface area contributed by atoms with Crippen molar-refractivity contribution >= 4 is 11.8 Å². The molecule has 142 valence electrons. The van der Waals surface area contributed by atoms with Crippen LogP contribution in [0.4, 0.5) is 0 Å². The van der Waals surface area contributed by atoms with Gasteiger partial charge in [0.25, 0.3) is 5.91 Å². The Morgan fingerprint density at radius 3 is 2.82 bits per heavy atom. The maximum absolute atomic E-state index is 12.6. The number of aromatic nitrogens is 3. The Bertz CT molecular complexity index is 1000. The van der Waals surface area contributed by atoms with Crippen LogP contribution in [0.2, 0.25) is 0 Å². The second-order valence-corrected chi connectivity index (χ2v) is 6.47. The van der Waals surface area contributed by atoms with Crippen LogP contribution in [0.3, 0.4) is 0 Å². The van der Waals surface area contributed by atoms with Crippen molar-refractivity contribution in [1.82, 2.24) is 20.1 Å². The van der Waals surface area contributed by atoms with Crippen molar-refractivity contribution in [3.05, 3.63) is 71.7 Å². The van der Waals surface area contributed by atoms with E-state index in [0.717, 1.165) is 11.3 Å². The first-order chi connectivity index (χ1) is 13.6. The number of aromatic amines is 1. The third-order valence-corrected chi connectivity index (χ3v) is 4.63. The van der Waals surface area contributed by atoms with Crippen LogP contribution >= 0.6 is 0 Å². The Kier molecular flexibility index (Phi) is 4.86. The number of pyridine rings is 1. The highest BCUT2D eigenvalue weighted by atomic mass is 16.5. The minimum Gasteiger partial charge on any atom is -0.368 e. The zero-order valence-corrected chi connectivity index (χ0v) is 15.0. The van der Waals surface area contributed by atoms with E-state index >= 15 is 0 Å². The van der Waals surface area contributed by atoms with Gasteiger partial charge in [0, 0.05) is 23.9 Å². The van der Waals surface area contributed by atoms with Gasteiger partial charge in [0.1, 0.15) is 11.8 Å². The topological polar surface area (TPSA) is 114 Å². The minimum atomic E-state index is -0.485. The molecule has 0 radical (unpaired) electrons. The molecule has 3 N–H and O–H groups in total. The average molecular weight is 377 g/mol. The van der Waals surface area contributed by atoms with E-state index in [1.165, 1.54) is 0 Å². The number of benzene rings is 1. The summed E-state index contributed by atoms with van der Waals surface area (Å²) in [4.78, 5) is 30.4. The number of morpholine rings is 1. The van der Waals surface area contributed by atoms with Gasteiger partial charge >= 0.3 is 0 Å². The van der Waals surface area contributed by atoms with Gasteiger partial charge in [-0.2, -0.15) is 5.10 Å². The van der Waals surface area contributed by atoms with Crippen molar-refractivity contribution < 1.29 is 14.3 Å². The number of carbonyl (C=O) groups is 2. The molecule has 2 amide bonds. The fraction of sp³-hybridized carbons (Fsp3) is 0.200. The molecular formula is C20H19N5O3. The van der Waals surface area contributed by atoms with Crippen molar-refractivity contribution in [2.75, 3.05) is 19.7 Å². The number of nitrogens with one attached hydrogen (secondary N) is 1. The van der Waals surface area contributed by atoms with Crippen LogP contribution in [0.1, 0.15) is 32.6 Å². The highest BCUT2D eigenvalue weighted by Gasteiger charge is 2.27. The van der Waals surface area contributed by atoms with Crippen LogP contribution in [0.25, 0.3) is 11.3 Å². The van der Waals surface area contributed by atoms with Gasteiger partial charge in [-0.3, -0.25) is 14.7 Å². The highest BCUT2D eigenvalue weighted by molar-refractivity contribution is 5.94. The highest BCUT2D eigenvalue weighted by Crippen LogP contribution is 2.25. The Balaban J connectivity index is 1.56. The lowest BCUT2D eigenvalue weighted by atomic mass is 10.1. The number of hydrogen-bond acceptors (Lipinski definition) is 5. The molecule has 1 atom stereocenters. The number of rotatable bonds is 4. The molecule has 1 aromatic carbocycles. The predicted octanol–water partition coefficient (Wildman–Crippen LogP) is 1.78. The molecule has 0 saturated carbocycles. The van der Waals surface area contributed by atoms with Gasteiger partial charge in [-0.25, -0.2) is 4.98 Å². The van der Waals surface area contributed by atoms with E-state index in [2.05, 4.69) is 15.2 Å². The molecule has 3 aromatic rings. The van der Waals surface area contributed by atoms with E-state index < -0.39 is 5.91 Å². The first kappa shape index (κ1) is 17.9. The van der Waals surface area contributed by atoms with Crippen LogP contribution < -0.4 is 5.73 Å². The molecule has 28 heavy (non-hydrogen) atoms. The van der Waals surface area contributed by atoms with E-state index in [0.29, 0.717) is 36.6 Å². The molecule has 0 aliphatic carbocycles. The number of nitrogens with zero attached hydrogens (tertiary/aromatic N) is 3. The quantitative estimate of drug-likeness (QED) is 0.719. The van der Waals surface area contributed by atoms with E-state index in [-0.39, 0.29) is 12.0 Å². The molecular weight excluding hydrogens is 358 g/mol. The summed E-state index contributed by atoms with van der Waals surface area (Å²) in [7, 11) is 0. The summed E-state index contributed by atoms with van der Waals surface area (Å²) in [6.07, 6.45) is 1.22. The Labute approximate surface area is 161 Å². The summed E-state index contributed by atoms with van der Waals surface area (Å²) in [6, 6.07) is 14.3. The van der Waals surface area contributed by atoms with E-state index in [1.54, 1.807) is 35.4 Å². The number of hydrogen-bond donors (Lipinski definition) is 2. The number of primary amides is 1. The van der Waals surface area contributed by atoms with Crippen molar-refractivity contribution in [3.63, 3.8) is 0 Å². The molecule has 1 aliphatic heterocycles. The lowest BCUT2D eigenvalue weighted by Gasteiger charge is -2.32. The Hall–Kier alpha value is -3.52. The predicted molar refractivity (Wildman–Crippen MR) is 101 cm³/mol. The number of amides is 2. The maximum atomic E-state index is 12.6. The van der Waals surface area contributed by atoms with E-state index in [9.17, 15) is 9.59 Å². The van der Waals surface area contributed by atoms with Gasteiger partial charge in [0.15, 0.2) is 0 Å². The number of carbonyl (C=O) groups excluding carboxylic acids is 2. The van der Waals surface area contributed by atoms with E-state index in [1.807, 2.05) is 24.3 Å². The molecule has 1 saturated heterocycles. The fourth-order valence-electron chi connectivity index (χ4n) is 3.18. The number of nitrogens with two attached hydrogens (primary N) is 1. The molecule has 8 heteroatoms. The smallest absolute Gasteiger partial charge is 0.272 e. The van der Waals surface area contributed by atoms with Crippen LogP contribution in [0.5, 0.6) is 0 Å². The molecule has 0 spiro atoms. The molecule has 4 rings (SSSR count). The summed E-state index contributed by atoms with van der Waals surface area (Å²) in [5, 5.41) is 6.53. The summed E-state index contributed by atoms with van der Waals surface area (Å²) >= 11 is 0. The summed E-state index contributed by atoms with van der Waals surface area (Å²) in [5.74, 6) is -0.599.